The number of benzene rings is 1. The number of hydrogen-bond donors (Lipinski definition) is 2. The number of nitrogens with one attached hydrogen (secondary N) is 1. The average molecular weight is 399 g/mol. The number of hydrogen-bond acceptors (Lipinski definition) is 4. The molecule has 148 valence electrons. The van der Waals surface area contributed by atoms with Crippen molar-refractivity contribution in [2.75, 3.05) is 13.2 Å². The van der Waals surface area contributed by atoms with Gasteiger partial charge in [0.15, 0.2) is 0 Å². The molecule has 4 atom stereocenters. The number of nitrogens with zero attached hydrogens (tertiary/aromatic N) is 1. The zero-order valence-corrected chi connectivity index (χ0v) is 16.3. The predicted molar refractivity (Wildman–Crippen MR) is 97.7 cm³/mol. The van der Waals surface area contributed by atoms with Crippen LogP contribution >= 0.6 is 11.6 Å². The number of aliphatic hydroxyl groups is 1. The number of likely N-dealkylation sites (tertiary alicyclic amines) is 1. The molecule has 1 aromatic rings. The summed E-state index contributed by atoms with van der Waals surface area (Å²) < 4.78 is 19.7. The Hall–Kier alpha value is -1.86. The van der Waals surface area contributed by atoms with Crippen LogP contribution in [0.15, 0.2) is 18.2 Å². The number of fused-ring (bicyclic) bond motifs is 1. The lowest BCUT2D eigenvalue weighted by molar-refractivity contribution is -0.127. The fraction of sp³-hybridized carbons (Fsp3) is 0.579. The summed E-state index contributed by atoms with van der Waals surface area (Å²) in [5.41, 5.74) is -0.560. The zero-order chi connectivity index (χ0) is 19.9. The van der Waals surface area contributed by atoms with Gasteiger partial charge in [0.25, 0.3) is 0 Å². The Kier molecular flexibility index (Phi) is 5.36. The van der Waals surface area contributed by atoms with E-state index in [1.165, 1.54) is 17.0 Å². The van der Waals surface area contributed by atoms with Gasteiger partial charge in [0, 0.05) is 12.1 Å². The van der Waals surface area contributed by atoms with E-state index in [1.807, 2.05) is 0 Å². The molecular formula is C19H24ClFN2O4. The van der Waals surface area contributed by atoms with Crippen LogP contribution in [-0.4, -0.2) is 46.8 Å². The first-order valence-electron chi connectivity index (χ1n) is 8.97. The van der Waals surface area contributed by atoms with Crippen molar-refractivity contribution in [1.29, 1.82) is 0 Å². The summed E-state index contributed by atoms with van der Waals surface area (Å²) in [6.07, 6.45) is 0.330. The molecule has 2 aliphatic rings. The van der Waals surface area contributed by atoms with Gasteiger partial charge < -0.3 is 15.2 Å². The Bertz CT molecular complexity index is 752. The van der Waals surface area contributed by atoms with Crippen LogP contribution in [0.5, 0.6) is 0 Å². The van der Waals surface area contributed by atoms with Gasteiger partial charge in [-0.1, -0.05) is 23.7 Å². The predicted octanol–water partition coefficient (Wildman–Crippen LogP) is 2.88. The van der Waals surface area contributed by atoms with Crippen LogP contribution < -0.4 is 5.32 Å². The minimum atomic E-state index is -0.950. The van der Waals surface area contributed by atoms with E-state index in [0.717, 1.165) is 6.42 Å². The lowest BCUT2D eigenvalue weighted by atomic mass is 10.1. The summed E-state index contributed by atoms with van der Waals surface area (Å²) >= 11 is 5.80. The molecule has 0 bridgehead atoms. The third-order valence-corrected chi connectivity index (χ3v) is 5.19. The highest BCUT2D eigenvalue weighted by atomic mass is 35.5. The van der Waals surface area contributed by atoms with Crippen molar-refractivity contribution in [3.05, 3.63) is 34.6 Å². The lowest BCUT2D eigenvalue weighted by Gasteiger charge is -2.30. The number of amides is 2. The van der Waals surface area contributed by atoms with Gasteiger partial charge in [-0.2, -0.15) is 0 Å². The van der Waals surface area contributed by atoms with E-state index in [9.17, 15) is 19.1 Å². The molecule has 3 rings (SSSR count). The molecule has 1 saturated heterocycles. The first kappa shape index (κ1) is 19.9. The molecule has 8 heteroatoms. The molecule has 1 aromatic carbocycles. The largest absolute Gasteiger partial charge is 0.444 e. The van der Waals surface area contributed by atoms with E-state index < -0.39 is 42.1 Å². The number of aliphatic hydroxyl groups excluding tert-OH is 1. The number of rotatable bonds is 4. The minimum Gasteiger partial charge on any atom is -0.444 e. The molecule has 2 amide bonds. The molecule has 0 unspecified atom stereocenters. The first-order valence-corrected chi connectivity index (χ1v) is 9.35. The Balaban J connectivity index is 1.75. The summed E-state index contributed by atoms with van der Waals surface area (Å²) in [7, 11) is 0. The Morgan fingerprint density at radius 2 is 2.15 bits per heavy atom. The number of piperidine rings is 1. The van der Waals surface area contributed by atoms with Crippen LogP contribution in [-0.2, 0) is 9.53 Å². The summed E-state index contributed by atoms with van der Waals surface area (Å²) in [6, 6.07) is 2.78. The van der Waals surface area contributed by atoms with E-state index in [0.29, 0.717) is 6.54 Å². The molecular weight excluding hydrogens is 375 g/mol. The van der Waals surface area contributed by atoms with Gasteiger partial charge in [-0.3, -0.25) is 9.69 Å². The normalized spacial score (nSPS) is 25.0. The van der Waals surface area contributed by atoms with Crippen molar-refractivity contribution in [1.82, 2.24) is 10.2 Å². The van der Waals surface area contributed by atoms with Crippen LogP contribution in [0.1, 0.15) is 38.8 Å². The lowest BCUT2D eigenvalue weighted by Crippen LogP contribution is -2.50. The molecule has 0 radical (unpaired) electrons. The van der Waals surface area contributed by atoms with E-state index in [4.69, 9.17) is 16.3 Å². The van der Waals surface area contributed by atoms with Crippen LogP contribution in [0, 0.1) is 17.7 Å². The van der Waals surface area contributed by atoms with Crippen LogP contribution in [0.2, 0.25) is 5.02 Å². The molecule has 1 aliphatic carbocycles. The van der Waals surface area contributed by atoms with E-state index in [-0.39, 0.29) is 22.4 Å². The van der Waals surface area contributed by atoms with Gasteiger partial charge in [-0.05, 0) is 45.1 Å². The summed E-state index contributed by atoms with van der Waals surface area (Å²) in [5, 5.41) is 12.2. The maximum Gasteiger partial charge on any atom is 0.410 e. The standard InChI is InChI=1S/C19H24ClFN2O4/c1-19(2,3)27-18(26)23-8-10-7-12(10)16(23)17(25)22-14(9-24)11-5-4-6-13(20)15(11)21/h4-6,10,12,14,16,24H,7-9H2,1-3H3,(H,22,25)/t10-,12-,14+,16+/m0/s1. The van der Waals surface area contributed by atoms with Crippen LogP contribution in [0.3, 0.4) is 0 Å². The molecule has 27 heavy (non-hydrogen) atoms. The van der Waals surface area contributed by atoms with E-state index in [1.54, 1.807) is 26.8 Å². The van der Waals surface area contributed by atoms with Crippen molar-refractivity contribution in [3.63, 3.8) is 0 Å². The van der Waals surface area contributed by atoms with E-state index in [2.05, 4.69) is 5.32 Å². The minimum absolute atomic E-state index is 0.0704. The van der Waals surface area contributed by atoms with Crippen LogP contribution in [0.25, 0.3) is 0 Å². The van der Waals surface area contributed by atoms with Gasteiger partial charge in [0.05, 0.1) is 17.7 Å². The maximum absolute atomic E-state index is 14.3. The molecule has 1 aliphatic heterocycles. The second-order valence-corrected chi connectivity index (χ2v) is 8.53. The zero-order valence-electron chi connectivity index (χ0n) is 15.5. The van der Waals surface area contributed by atoms with Crippen molar-refractivity contribution in [3.8, 4) is 0 Å². The first-order chi connectivity index (χ1) is 12.6. The molecule has 1 saturated carbocycles. The molecule has 6 nitrogen and oxygen atoms in total. The summed E-state index contributed by atoms with van der Waals surface area (Å²) in [4.78, 5) is 26.8. The highest BCUT2D eigenvalue weighted by Crippen LogP contribution is 2.50. The third kappa shape index (κ3) is 4.19. The quantitative estimate of drug-likeness (QED) is 0.817. The summed E-state index contributed by atoms with van der Waals surface area (Å²) in [5.74, 6) is -0.757. The second kappa shape index (κ2) is 7.28. The van der Waals surface area contributed by atoms with Crippen molar-refractivity contribution in [2.45, 2.75) is 44.9 Å². The smallest absolute Gasteiger partial charge is 0.410 e. The third-order valence-electron chi connectivity index (χ3n) is 4.90. The topological polar surface area (TPSA) is 78.9 Å². The highest BCUT2D eigenvalue weighted by Gasteiger charge is 2.57. The SMILES string of the molecule is CC(C)(C)OC(=O)N1C[C@@H]2C[C@@H]2[C@@H]1C(=O)N[C@H](CO)c1cccc(Cl)c1F. The Morgan fingerprint density at radius 3 is 2.78 bits per heavy atom. The van der Waals surface area contributed by atoms with Crippen molar-refractivity contribution < 1.29 is 23.8 Å². The molecule has 0 spiro atoms. The van der Waals surface area contributed by atoms with Gasteiger partial charge >= 0.3 is 6.09 Å². The maximum atomic E-state index is 14.3. The Morgan fingerprint density at radius 1 is 1.44 bits per heavy atom. The second-order valence-electron chi connectivity index (χ2n) is 8.12. The molecule has 2 fully saturated rings. The number of carbonyl (C=O) groups excluding carboxylic acids is 2. The van der Waals surface area contributed by atoms with Crippen LogP contribution in [0.4, 0.5) is 9.18 Å². The highest BCUT2D eigenvalue weighted by molar-refractivity contribution is 6.30. The number of ether oxygens (including phenoxy) is 1. The van der Waals surface area contributed by atoms with E-state index >= 15 is 0 Å². The fourth-order valence-corrected chi connectivity index (χ4v) is 3.76. The van der Waals surface area contributed by atoms with Gasteiger partial charge in [0.2, 0.25) is 5.91 Å². The molecule has 1 heterocycles. The molecule has 0 aromatic heterocycles. The average Bonchev–Trinajstić information content (AvgIpc) is 3.23. The van der Waals surface area contributed by atoms with Gasteiger partial charge in [0.1, 0.15) is 17.5 Å². The van der Waals surface area contributed by atoms with Crippen molar-refractivity contribution >= 4 is 23.6 Å². The monoisotopic (exact) mass is 398 g/mol. The Labute approximate surface area is 162 Å². The molecule has 2 N–H and O–H groups in total. The van der Waals surface area contributed by atoms with Crippen molar-refractivity contribution in [2.24, 2.45) is 11.8 Å². The van der Waals surface area contributed by atoms with Gasteiger partial charge in [-0.25, -0.2) is 9.18 Å². The van der Waals surface area contributed by atoms with Gasteiger partial charge in [-0.15, -0.1) is 0 Å². The number of carbonyl (C=O) groups is 2. The fourth-order valence-electron chi connectivity index (χ4n) is 3.58. The summed E-state index contributed by atoms with van der Waals surface area (Å²) in [6.45, 7) is 5.27. The number of halogens is 2.